The molecule has 0 aliphatic carbocycles. The van der Waals surface area contributed by atoms with Crippen molar-refractivity contribution < 1.29 is 0 Å². The van der Waals surface area contributed by atoms with Crippen LogP contribution >= 0.6 is 11.3 Å². The van der Waals surface area contributed by atoms with E-state index in [1.54, 1.807) is 29.3 Å². The van der Waals surface area contributed by atoms with Crippen LogP contribution in [0.2, 0.25) is 0 Å². The molecule has 0 aromatic carbocycles. The predicted octanol–water partition coefficient (Wildman–Crippen LogP) is 1.43. The Labute approximate surface area is 89.2 Å². The van der Waals surface area contributed by atoms with Crippen molar-refractivity contribution >= 4 is 22.0 Å². The average Bonchev–Trinajstić information content (AvgIpc) is 2.83. The Bertz CT molecular complexity index is 612. The Balaban J connectivity index is 2.27. The van der Waals surface area contributed by atoms with Crippen molar-refractivity contribution in [1.29, 1.82) is 0 Å². The number of fused-ring (bicyclic) bond motifs is 1. The minimum absolute atomic E-state index is 0.563. The molecule has 2 N–H and O–H groups in total. The van der Waals surface area contributed by atoms with Gasteiger partial charge in [0.15, 0.2) is 5.13 Å². The van der Waals surface area contributed by atoms with E-state index in [0.717, 1.165) is 16.8 Å². The summed E-state index contributed by atoms with van der Waals surface area (Å²) in [5.74, 6) is 0. The van der Waals surface area contributed by atoms with Crippen molar-refractivity contribution in [3.63, 3.8) is 0 Å². The molecule has 0 radical (unpaired) electrons. The van der Waals surface area contributed by atoms with Crippen LogP contribution in [0, 0.1) is 0 Å². The Morgan fingerprint density at radius 3 is 3.07 bits per heavy atom. The lowest BCUT2D eigenvalue weighted by atomic mass is 10.2. The molecule has 5 nitrogen and oxygen atoms in total. The Morgan fingerprint density at radius 1 is 1.33 bits per heavy atom. The number of hydrogen-bond donors (Lipinski definition) is 1. The lowest BCUT2D eigenvalue weighted by molar-refractivity contribution is 0.946. The van der Waals surface area contributed by atoms with Gasteiger partial charge in [-0.15, -0.1) is 11.3 Å². The molecule has 6 heteroatoms. The van der Waals surface area contributed by atoms with Crippen molar-refractivity contribution in [3.05, 3.63) is 30.2 Å². The van der Waals surface area contributed by atoms with Crippen LogP contribution in [-0.4, -0.2) is 19.6 Å². The van der Waals surface area contributed by atoms with Gasteiger partial charge >= 0.3 is 0 Å². The van der Waals surface area contributed by atoms with Crippen LogP contribution < -0.4 is 5.73 Å². The highest BCUT2D eigenvalue weighted by atomic mass is 32.1. The molecule has 0 unspecified atom stereocenters. The quantitative estimate of drug-likeness (QED) is 0.669. The molecule has 0 aliphatic heterocycles. The molecule has 74 valence electrons. The number of rotatable bonds is 1. The number of hydrogen-bond acceptors (Lipinski definition) is 5. The smallest absolute Gasteiger partial charge is 0.180 e. The first-order valence-electron chi connectivity index (χ1n) is 4.33. The van der Waals surface area contributed by atoms with Crippen molar-refractivity contribution in [2.45, 2.75) is 0 Å². The summed E-state index contributed by atoms with van der Waals surface area (Å²) in [6, 6.07) is 0. The van der Waals surface area contributed by atoms with Crippen LogP contribution in [0.25, 0.3) is 16.8 Å². The number of thiazole rings is 1. The molecule has 0 atom stereocenters. The van der Waals surface area contributed by atoms with Gasteiger partial charge in [0.1, 0.15) is 0 Å². The molecule has 3 heterocycles. The van der Waals surface area contributed by atoms with Crippen molar-refractivity contribution in [3.8, 4) is 11.3 Å². The normalized spacial score (nSPS) is 10.9. The molecule has 3 rings (SSSR count). The second kappa shape index (κ2) is 3.03. The standard InChI is InChI=1S/C9H7N5S/c10-9-13-7(5-15-9)6-3-12-14-2-1-11-4-8(6)14/h1-5H,(H2,10,13). The van der Waals surface area contributed by atoms with Gasteiger partial charge in [0.25, 0.3) is 0 Å². The van der Waals surface area contributed by atoms with Gasteiger partial charge in [-0.1, -0.05) is 0 Å². The minimum Gasteiger partial charge on any atom is -0.375 e. The molecule has 0 bridgehead atoms. The van der Waals surface area contributed by atoms with Gasteiger partial charge in [-0.25, -0.2) is 9.50 Å². The molecule has 3 aromatic heterocycles. The first kappa shape index (κ1) is 8.37. The molecule has 3 aromatic rings. The molecule has 0 amide bonds. The van der Waals surface area contributed by atoms with Gasteiger partial charge in [-0.2, -0.15) is 5.10 Å². The van der Waals surface area contributed by atoms with E-state index in [-0.39, 0.29) is 0 Å². The zero-order chi connectivity index (χ0) is 10.3. The largest absolute Gasteiger partial charge is 0.375 e. The Morgan fingerprint density at radius 2 is 2.27 bits per heavy atom. The highest BCUT2D eigenvalue weighted by Gasteiger charge is 2.08. The number of anilines is 1. The minimum atomic E-state index is 0.563. The van der Waals surface area contributed by atoms with Crippen LogP contribution in [0.4, 0.5) is 5.13 Å². The van der Waals surface area contributed by atoms with Crippen LogP contribution in [0.5, 0.6) is 0 Å². The van der Waals surface area contributed by atoms with E-state index in [0.29, 0.717) is 5.13 Å². The van der Waals surface area contributed by atoms with Gasteiger partial charge in [0.2, 0.25) is 0 Å². The third-order valence-electron chi connectivity index (χ3n) is 2.12. The van der Waals surface area contributed by atoms with E-state index in [2.05, 4.69) is 15.1 Å². The highest BCUT2D eigenvalue weighted by Crippen LogP contribution is 2.26. The fraction of sp³-hybridized carbons (Fsp3) is 0. The van der Waals surface area contributed by atoms with E-state index in [1.165, 1.54) is 11.3 Å². The van der Waals surface area contributed by atoms with Crippen LogP contribution in [0.3, 0.4) is 0 Å². The first-order chi connectivity index (χ1) is 7.34. The van der Waals surface area contributed by atoms with Gasteiger partial charge in [-0.05, 0) is 0 Å². The van der Waals surface area contributed by atoms with Gasteiger partial charge in [0, 0.05) is 23.3 Å². The molecular weight excluding hydrogens is 210 g/mol. The Kier molecular flexibility index (Phi) is 1.69. The van der Waals surface area contributed by atoms with E-state index in [9.17, 15) is 0 Å². The van der Waals surface area contributed by atoms with Crippen molar-refractivity contribution in [1.82, 2.24) is 19.6 Å². The van der Waals surface area contributed by atoms with E-state index in [1.807, 2.05) is 5.38 Å². The van der Waals surface area contributed by atoms with Crippen LogP contribution in [0.1, 0.15) is 0 Å². The van der Waals surface area contributed by atoms with Crippen LogP contribution in [0.15, 0.2) is 30.2 Å². The Hall–Kier alpha value is -1.95. The van der Waals surface area contributed by atoms with Gasteiger partial charge in [-0.3, -0.25) is 4.98 Å². The highest BCUT2D eigenvalue weighted by molar-refractivity contribution is 7.13. The summed E-state index contributed by atoms with van der Waals surface area (Å²) in [6.45, 7) is 0. The number of nitrogen functional groups attached to an aromatic ring is 1. The summed E-state index contributed by atoms with van der Waals surface area (Å²) in [5.41, 5.74) is 8.33. The third-order valence-corrected chi connectivity index (χ3v) is 2.80. The summed E-state index contributed by atoms with van der Waals surface area (Å²) in [6.07, 6.45) is 7.02. The second-order valence-electron chi connectivity index (χ2n) is 3.04. The lowest BCUT2D eigenvalue weighted by Gasteiger charge is -1.92. The summed E-state index contributed by atoms with van der Waals surface area (Å²) in [5, 5.41) is 6.68. The molecule has 0 fully saturated rings. The van der Waals surface area contributed by atoms with Gasteiger partial charge in [0.05, 0.1) is 23.6 Å². The molecule has 0 aliphatic rings. The SMILES string of the molecule is Nc1nc(-c2cnn3ccncc23)cs1. The van der Waals surface area contributed by atoms with E-state index >= 15 is 0 Å². The molecular formula is C9H7N5S. The molecule has 0 spiro atoms. The number of aromatic nitrogens is 4. The second-order valence-corrected chi connectivity index (χ2v) is 3.93. The van der Waals surface area contributed by atoms with E-state index in [4.69, 9.17) is 5.73 Å². The summed E-state index contributed by atoms with van der Waals surface area (Å²) in [4.78, 5) is 8.28. The number of nitrogens with two attached hydrogens (primary N) is 1. The zero-order valence-electron chi connectivity index (χ0n) is 7.66. The van der Waals surface area contributed by atoms with Gasteiger partial charge < -0.3 is 5.73 Å². The fourth-order valence-electron chi connectivity index (χ4n) is 1.44. The monoisotopic (exact) mass is 217 g/mol. The summed E-state index contributed by atoms with van der Waals surface area (Å²) >= 11 is 1.42. The fourth-order valence-corrected chi connectivity index (χ4v) is 2.01. The maximum absolute atomic E-state index is 5.59. The predicted molar refractivity (Wildman–Crippen MR) is 58.5 cm³/mol. The molecule has 0 saturated carbocycles. The van der Waals surface area contributed by atoms with E-state index < -0.39 is 0 Å². The van der Waals surface area contributed by atoms with Crippen molar-refractivity contribution in [2.24, 2.45) is 0 Å². The maximum atomic E-state index is 5.59. The topological polar surface area (TPSA) is 69.1 Å². The third kappa shape index (κ3) is 1.26. The number of nitrogens with zero attached hydrogens (tertiary/aromatic N) is 4. The summed E-state index contributed by atoms with van der Waals surface area (Å²) < 4.78 is 1.76. The molecule has 15 heavy (non-hydrogen) atoms. The zero-order valence-corrected chi connectivity index (χ0v) is 8.48. The first-order valence-corrected chi connectivity index (χ1v) is 5.21. The lowest BCUT2D eigenvalue weighted by Crippen LogP contribution is -1.86. The average molecular weight is 217 g/mol. The molecule has 0 saturated heterocycles. The maximum Gasteiger partial charge on any atom is 0.180 e. The van der Waals surface area contributed by atoms with Crippen LogP contribution in [-0.2, 0) is 0 Å². The summed E-state index contributed by atoms with van der Waals surface area (Å²) in [7, 11) is 0. The van der Waals surface area contributed by atoms with Crippen molar-refractivity contribution in [2.75, 3.05) is 5.73 Å².